The van der Waals surface area contributed by atoms with Gasteiger partial charge in [0.1, 0.15) is 24.4 Å². The van der Waals surface area contributed by atoms with Gasteiger partial charge in [0.15, 0.2) is 6.29 Å². The second-order valence-electron chi connectivity index (χ2n) is 15.8. The Morgan fingerprint density at radius 1 is 0.623 bits per heavy atom. The van der Waals surface area contributed by atoms with Gasteiger partial charge in [-0.05, 0) is 38.5 Å². The first-order chi connectivity index (χ1) is 25.8. The van der Waals surface area contributed by atoms with E-state index >= 15 is 0 Å². The van der Waals surface area contributed by atoms with E-state index < -0.39 is 49.5 Å². The van der Waals surface area contributed by atoms with Crippen molar-refractivity contribution in [2.24, 2.45) is 0 Å². The van der Waals surface area contributed by atoms with Crippen LogP contribution in [0.4, 0.5) is 0 Å². The summed E-state index contributed by atoms with van der Waals surface area (Å²) in [5.74, 6) is -0.153. The lowest BCUT2D eigenvalue weighted by Crippen LogP contribution is -2.60. The van der Waals surface area contributed by atoms with Gasteiger partial charge in [-0.2, -0.15) is 0 Å². The molecule has 7 atom stereocenters. The van der Waals surface area contributed by atoms with Crippen LogP contribution < -0.4 is 5.32 Å². The largest absolute Gasteiger partial charge is 0.394 e. The third-order valence-electron chi connectivity index (χ3n) is 10.9. The molecule has 7 unspecified atom stereocenters. The van der Waals surface area contributed by atoms with Crippen molar-refractivity contribution in [3.63, 3.8) is 0 Å². The maximum atomic E-state index is 12.9. The molecule has 0 radical (unpaired) electrons. The van der Waals surface area contributed by atoms with Gasteiger partial charge in [-0.15, -0.1) is 0 Å². The molecule has 6 N–H and O–H groups in total. The number of aliphatic hydroxyl groups excluding tert-OH is 5. The SMILES string of the molecule is CCCCCCC/C=C\CCCCCCCC(=O)NC(COC1OC(CO)C(O)C(O)C1O)C(O)CCCCCCCCCCCCCCCCCC. The van der Waals surface area contributed by atoms with Crippen LogP contribution in [0, 0.1) is 0 Å². The van der Waals surface area contributed by atoms with Crippen LogP contribution >= 0.6 is 0 Å². The topological polar surface area (TPSA) is 149 Å². The molecule has 1 amide bonds. The lowest BCUT2D eigenvalue weighted by atomic mass is 9.99. The third-order valence-corrected chi connectivity index (χ3v) is 10.9. The fourth-order valence-corrected chi connectivity index (χ4v) is 7.21. The lowest BCUT2D eigenvalue weighted by molar-refractivity contribution is -0.302. The predicted molar refractivity (Wildman–Crippen MR) is 217 cm³/mol. The van der Waals surface area contributed by atoms with Crippen LogP contribution in [0.1, 0.15) is 206 Å². The number of rotatable bonds is 37. The molecule has 1 saturated heterocycles. The first kappa shape index (κ1) is 49.9. The highest BCUT2D eigenvalue weighted by molar-refractivity contribution is 5.76. The first-order valence-corrected chi connectivity index (χ1v) is 22.4. The summed E-state index contributed by atoms with van der Waals surface area (Å²) in [7, 11) is 0. The molecule has 0 aromatic rings. The molecule has 0 aromatic carbocycles. The monoisotopic (exact) mass is 756 g/mol. The standard InChI is InChI=1S/C44H85NO8/c1-3-5-7-9-11-13-15-17-19-20-21-23-25-27-29-31-33-38(47)37(36-52-44-43(51)42(50)41(49)39(35-46)53-44)45-40(48)34-32-30-28-26-24-22-18-16-14-12-10-8-6-4-2/h16,18,37-39,41-44,46-47,49-51H,3-15,17,19-36H2,1-2H3,(H,45,48)/b18-16-. The number of aliphatic hydroxyl groups is 5. The minimum absolute atomic E-state index is 0.138. The number of ether oxygens (including phenoxy) is 2. The van der Waals surface area contributed by atoms with Gasteiger partial charge < -0.3 is 40.3 Å². The van der Waals surface area contributed by atoms with Gasteiger partial charge in [0, 0.05) is 6.42 Å². The van der Waals surface area contributed by atoms with Crippen LogP contribution in [-0.4, -0.2) is 87.5 Å². The molecule has 53 heavy (non-hydrogen) atoms. The van der Waals surface area contributed by atoms with Crippen molar-refractivity contribution in [3.05, 3.63) is 12.2 Å². The summed E-state index contributed by atoms with van der Waals surface area (Å²) in [6, 6.07) is -0.718. The highest BCUT2D eigenvalue weighted by Crippen LogP contribution is 2.23. The van der Waals surface area contributed by atoms with Crippen molar-refractivity contribution in [2.45, 2.75) is 249 Å². The van der Waals surface area contributed by atoms with E-state index in [9.17, 15) is 30.3 Å². The Bertz CT molecular complexity index is 842. The van der Waals surface area contributed by atoms with E-state index in [0.29, 0.717) is 12.8 Å². The number of carbonyl (C=O) groups is 1. The maximum Gasteiger partial charge on any atom is 0.220 e. The van der Waals surface area contributed by atoms with Gasteiger partial charge in [0.2, 0.25) is 5.91 Å². The van der Waals surface area contributed by atoms with Crippen LogP contribution in [0.5, 0.6) is 0 Å². The fraction of sp³-hybridized carbons (Fsp3) is 0.932. The molecular formula is C44H85NO8. The molecule has 314 valence electrons. The van der Waals surface area contributed by atoms with Crippen LogP contribution in [0.15, 0.2) is 12.2 Å². The van der Waals surface area contributed by atoms with Crippen LogP contribution in [0.2, 0.25) is 0 Å². The summed E-state index contributed by atoms with van der Waals surface area (Å²) in [6.07, 6.45) is 32.1. The zero-order valence-corrected chi connectivity index (χ0v) is 34.3. The Balaban J connectivity index is 2.35. The molecule has 0 aliphatic carbocycles. The zero-order valence-electron chi connectivity index (χ0n) is 34.3. The molecule has 9 nitrogen and oxygen atoms in total. The van der Waals surface area contributed by atoms with Gasteiger partial charge in [-0.25, -0.2) is 0 Å². The van der Waals surface area contributed by atoms with Crippen LogP contribution in [0.25, 0.3) is 0 Å². The Morgan fingerprint density at radius 3 is 1.53 bits per heavy atom. The molecule has 1 fully saturated rings. The number of allylic oxidation sites excluding steroid dienone is 2. The van der Waals surface area contributed by atoms with Crippen molar-refractivity contribution in [1.29, 1.82) is 0 Å². The minimum atomic E-state index is -1.55. The summed E-state index contributed by atoms with van der Waals surface area (Å²) in [4.78, 5) is 12.9. The number of carbonyl (C=O) groups excluding carboxylic acids is 1. The average molecular weight is 756 g/mol. The van der Waals surface area contributed by atoms with E-state index in [1.165, 1.54) is 128 Å². The third kappa shape index (κ3) is 26.4. The number of unbranched alkanes of at least 4 members (excludes halogenated alkanes) is 25. The van der Waals surface area contributed by atoms with E-state index in [1.807, 2.05) is 0 Å². The molecular weight excluding hydrogens is 670 g/mol. The van der Waals surface area contributed by atoms with Gasteiger partial charge in [-0.3, -0.25) is 4.79 Å². The molecule has 1 heterocycles. The Kier molecular flexibility index (Phi) is 33.3. The fourth-order valence-electron chi connectivity index (χ4n) is 7.21. The smallest absolute Gasteiger partial charge is 0.220 e. The second kappa shape index (κ2) is 35.4. The Labute approximate surface area is 325 Å². The van der Waals surface area contributed by atoms with Crippen molar-refractivity contribution >= 4 is 5.91 Å². The van der Waals surface area contributed by atoms with Gasteiger partial charge in [-0.1, -0.05) is 174 Å². The van der Waals surface area contributed by atoms with Gasteiger partial charge >= 0.3 is 0 Å². The zero-order chi connectivity index (χ0) is 38.8. The molecule has 1 aliphatic heterocycles. The van der Waals surface area contributed by atoms with Gasteiger partial charge in [0.25, 0.3) is 0 Å². The first-order valence-electron chi connectivity index (χ1n) is 22.4. The van der Waals surface area contributed by atoms with Crippen LogP contribution in [-0.2, 0) is 14.3 Å². The Morgan fingerprint density at radius 2 is 1.06 bits per heavy atom. The summed E-state index contributed by atoms with van der Waals surface area (Å²) >= 11 is 0. The van der Waals surface area contributed by atoms with E-state index in [-0.39, 0.29) is 12.5 Å². The quantitative estimate of drug-likeness (QED) is 0.0272. The van der Waals surface area contributed by atoms with E-state index in [1.54, 1.807) is 0 Å². The lowest BCUT2D eigenvalue weighted by Gasteiger charge is -2.40. The Hall–Kier alpha value is -1.07. The molecule has 0 spiro atoms. The number of amides is 1. The van der Waals surface area contributed by atoms with E-state index in [0.717, 1.165) is 51.4 Å². The normalized spacial score (nSPS) is 21.7. The van der Waals surface area contributed by atoms with Crippen molar-refractivity contribution in [1.82, 2.24) is 5.32 Å². The molecule has 1 aliphatic rings. The molecule has 9 heteroatoms. The van der Waals surface area contributed by atoms with Gasteiger partial charge in [0.05, 0.1) is 25.4 Å². The number of hydrogen-bond acceptors (Lipinski definition) is 8. The maximum absolute atomic E-state index is 12.9. The summed E-state index contributed by atoms with van der Waals surface area (Å²) in [5, 5.41) is 54.3. The molecule has 1 rings (SSSR count). The van der Waals surface area contributed by atoms with E-state index in [4.69, 9.17) is 9.47 Å². The predicted octanol–water partition coefficient (Wildman–Crippen LogP) is 8.95. The summed E-state index contributed by atoms with van der Waals surface area (Å²) in [5.41, 5.74) is 0. The van der Waals surface area contributed by atoms with Crippen molar-refractivity contribution < 1.29 is 39.8 Å². The second-order valence-corrected chi connectivity index (χ2v) is 15.8. The highest BCUT2D eigenvalue weighted by Gasteiger charge is 2.44. The molecule has 0 aromatic heterocycles. The molecule has 0 saturated carbocycles. The number of nitrogens with one attached hydrogen (secondary N) is 1. The van der Waals surface area contributed by atoms with Crippen molar-refractivity contribution in [3.8, 4) is 0 Å². The minimum Gasteiger partial charge on any atom is -0.394 e. The average Bonchev–Trinajstić information content (AvgIpc) is 3.16. The van der Waals surface area contributed by atoms with Crippen LogP contribution in [0.3, 0.4) is 0 Å². The van der Waals surface area contributed by atoms with E-state index in [2.05, 4.69) is 31.3 Å². The van der Waals surface area contributed by atoms with Crippen molar-refractivity contribution in [2.75, 3.05) is 13.2 Å². The highest BCUT2D eigenvalue weighted by atomic mass is 16.7. The molecule has 0 bridgehead atoms. The summed E-state index contributed by atoms with van der Waals surface area (Å²) in [6.45, 7) is 3.82. The number of hydrogen-bond donors (Lipinski definition) is 6. The summed E-state index contributed by atoms with van der Waals surface area (Å²) < 4.78 is 11.2.